The number of amides is 1. The molecular weight excluding hydrogens is 378 g/mol. The Labute approximate surface area is 168 Å². The molecule has 2 aromatic carbocycles. The second-order valence-electron chi connectivity index (χ2n) is 6.31. The number of hydrogen-bond acceptors (Lipinski definition) is 7. The van der Waals surface area contributed by atoms with Crippen molar-refractivity contribution in [2.45, 2.75) is 26.4 Å². The van der Waals surface area contributed by atoms with Gasteiger partial charge in [-0.25, -0.2) is 5.43 Å². The molecular formula is C20H23N3O6. The number of hydrazone groups is 1. The molecule has 0 saturated heterocycles. The molecule has 0 aliphatic carbocycles. The van der Waals surface area contributed by atoms with Gasteiger partial charge in [0.15, 0.2) is 5.75 Å². The minimum atomic E-state index is -0.556. The van der Waals surface area contributed by atoms with Crippen molar-refractivity contribution >= 4 is 17.8 Å². The van der Waals surface area contributed by atoms with Crippen molar-refractivity contribution in [2.75, 3.05) is 14.2 Å². The number of nitrogens with one attached hydrogen (secondary N) is 1. The molecule has 0 atom stereocenters. The lowest BCUT2D eigenvalue weighted by molar-refractivity contribution is -0.386. The minimum absolute atomic E-state index is 0.0493. The number of nitro benzene ring substituents is 1. The Kier molecular flexibility index (Phi) is 7.53. The molecule has 0 aromatic heterocycles. The Morgan fingerprint density at radius 3 is 2.45 bits per heavy atom. The van der Waals surface area contributed by atoms with Crippen molar-refractivity contribution in [1.29, 1.82) is 0 Å². The molecule has 154 valence electrons. The number of carbonyl (C=O) groups is 1. The normalized spacial score (nSPS) is 10.8. The molecule has 9 heteroatoms. The fraction of sp³-hybridized carbons (Fsp3) is 0.300. The van der Waals surface area contributed by atoms with E-state index in [2.05, 4.69) is 10.5 Å². The topological polar surface area (TPSA) is 112 Å². The van der Waals surface area contributed by atoms with Crippen LogP contribution in [0, 0.1) is 10.1 Å². The number of nitrogens with zero attached hydrogens (tertiary/aromatic N) is 2. The van der Waals surface area contributed by atoms with Crippen LogP contribution in [-0.2, 0) is 11.2 Å². The molecule has 0 heterocycles. The summed E-state index contributed by atoms with van der Waals surface area (Å²) in [5.41, 5.74) is 3.33. The van der Waals surface area contributed by atoms with Gasteiger partial charge in [0.05, 0.1) is 37.9 Å². The number of nitro groups is 1. The standard InChI is InChI=1S/C20H23N3O6/c1-13(2)29-20-17(23(25)26)9-15(10-18(20)28-4)12-21-22-19(24)11-14-5-7-16(27-3)8-6-14/h5-10,12-13H,11H2,1-4H3,(H,22,24)/b21-12-. The molecule has 29 heavy (non-hydrogen) atoms. The maximum atomic E-state index is 12.0. The van der Waals surface area contributed by atoms with Crippen molar-refractivity contribution < 1.29 is 23.9 Å². The summed E-state index contributed by atoms with van der Waals surface area (Å²) in [5.74, 6) is 0.632. The lowest BCUT2D eigenvalue weighted by Gasteiger charge is -2.14. The van der Waals surface area contributed by atoms with Crippen LogP contribution < -0.4 is 19.6 Å². The molecule has 2 rings (SSSR count). The molecule has 9 nitrogen and oxygen atoms in total. The average Bonchev–Trinajstić information content (AvgIpc) is 2.68. The van der Waals surface area contributed by atoms with Crippen LogP contribution in [0.3, 0.4) is 0 Å². The first kappa shape index (κ1) is 21.7. The van der Waals surface area contributed by atoms with Crippen molar-refractivity contribution in [1.82, 2.24) is 5.43 Å². The highest BCUT2D eigenvalue weighted by molar-refractivity contribution is 5.85. The summed E-state index contributed by atoms with van der Waals surface area (Å²) in [7, 11) is 2.96. The van der Waals surface area contributed by atoms with Crippen LogP contribution >= 0.6 is 0 Å². The van der Waals surface area contributed by atoms with E-state index in [-0.39, 0.29) is 35.6 Å². The summed E-state index contributed by atoms with van der Waals surface area (Å²) in [6, 6.07) is 9.94. The number of ether oxygens (including phenoxy) is 3. The molecule has 1 amide bonds. The Morgan fingerprint density at radius 2 is 1.90 bits per heavy atom. The summed E-state index contributed by atoms with van der Waals surface area (Å²) >= 11 is 0. The van der Waals surface area contributed by atoms with Gasteiger partial charge in [0.25, 0.3) is 0 Å². The van der Waals surface area contributed by atoms with Gasteiger partial charge < -0.3 is 14.2 Å². The van der Waals surface area contributed by atoms with Gasteiger partial charge in [-0.3, -0.25) is 14.9 Å². The SMILES string of the molecule is COc1ccc(CC(=O)N/N=C\c2cc(OC)c(OC(C)C)c([N+](=O)[O-])c2)cc1. The molecule has 0 aliphatic heterocycles. The molecule has 0 radical (unpaired) electrons. The highest BCUT2D eigenvalue weighted by Crippen LogP contribution is 2.38. The maximum Gasteiger partial charge on any atom is 0.315 e. The predicted molar refractivity (Wildman–Crippen MR) is 108 cm³/mol. The Balaban J connectivity index is 2.11. The lowest BCUT2D eigenvalue weighted by Crippen LogP contribution is -2.19. The fourth-order valence-electron chi connectivity index (χ4n) is 2.47. The van der Waals surface area contributed by atoms with Crippen LogP contribution in [0.1, 0.15) is 25.0 Å². The molecule has 0 spiro atoms. The number of rotatable bonds is 9. The number of hydrogen-bond donors (Lipinski definition) is 1. The Bertz CT molecular complexity index is 894. The molecule has 0 bridgehead atoms. The van der Waals surface area contributed by atoms with Crippen LogP contribution in [0.25, 0.3) is 0 Å². The van der Waals surface area contributed by atoms with Crippen LogP contribution in [-0.4, -0.2) is 37.4 Å². The summed E-state index contributed by atoms with van der Waals surface area (Å²) < 4.78 is 15.8. The van der Waals surface area contributed by atoms with E-state index in [0.29, 0.717) is 11.3 Å². The minimum Gasteiger partial charge on any atom is -0.497 e. The number of methoxy groups -OCH3 is 2. The van der Waals surface area contributed by atoms with E-state index in [1.807, 2.05) is 0 Å². The van der Waals surface area contributed by atoms with E-state index in [1.165, 1.54) is 19.4 Å². The first-order valence-corrected chi connectivity index (χ1v) is 8.82. The summed E-state index contributed by atoms with van der Waals surface area (Å²) in [6.07, 6.45) is 1.17. The summed E-state index contributed by atoms with van der Waals surface area (Å²) in [6.45, 7) is 3.52. The van der Waals surface area contributed by atoms with Crippen molar-refractivity contribution in [3.8, 4) is 17.2 Å². The van der Waals surface area contributed by atoms with Gasteiger partial charge in [-0.2, -0.15) is 5.10 Å². The second kappa shape index (κ2) is 10.1. The predicted octanol–water partition coefficient (Wildman–Crippen LogP) is 3.09. The van der Waals surface area contributed by atoms with Crippen molar-refractivity contribution in [3.05, 3.63) is 57.6 Å². The highest BCUT2D eigenvalue weighted by Gasteiger charge is 2.23. The van der Waals surface area contributed by atoms with Gasteiger partial charge >= 0.3 is 5.69 Å². The zero-order chi connectivity index (χ0) is 21.4. The average molecular weight is 401 g/mol. The van der Waals surface area contributed by atoms with Crippen LogP contribution in [0.15, 0.2) is 41.5 Å². The molecule has 0 saturated carbocycles. The molecule has 0 aliphatic rings. The van der Waals surface area contributed by atoms with Gasteiger partial charge in [0, 0.05) is 11.6 Å². The van der Waals surface area contributed by atoms with Gasteiger partial charge in [-0.05, 0) is 37.6 Å². The van der Waals surface area contributed by atoms with Crippen LogP contribution in [0.2, 0.25) is 0 Å². The molecule has 2 aromatic rings. The number of carbonyl (C=O) groups excluding carboxylic acids is 1. The van der Waals surface area contributed by atoms with E-state index >= 15 is 0 Å². The zero-order valence-electron chi connectivity index (χ0n) is 16.7. The largest absolute Gasteiger partial charge is 0.497 e. The van der Waals surface area contributed by atoms with Crippen LogP contribution in [0.5, 0.6) is 17.2 Å². The second-order valence-corrected chi connectivity index (χ2v) is 6.31. The first-order chi connectivity index (χ1) is 13.8. The zero-order valence-corrected chi connectivity index (χ0v) is 16.7. The van der Waals surface area contributed by atoms with E-state index in [4.69, 9.17) is 14.2 Å². The van der Waals surface area contributed by atoms with Crippen molar-refractivity contribution in [2.24, 2.45) is 5.10 Å². The van der Waals surface area contributed by atoms with Crippen molar-refractivity contribution in [3.63, 3.8) is 0 Å². The number of benzene rings is 2. The smallest absolute Gasteiger partial charge is 0.315 e. The summed E-state index contributed by atoms with van der Waals surface area (Å²) in [5, 5.41) is 15.3. The lowest BCUT2D eigenvalue weighted by atomic mass is 10.1. The third kappa shape index (κ3) is 6.20. The van der Waals surface area contributed by atoms with Crippen LogP contribution in [0.4, 0.5) is 5.69 Å². The fourth-order valence-corrected chi connectivity index (χ4v) is 2.47. The van der Waals surface area contributed by atoms with Gasteiger partial charge in [-0.1, -0.05) is 12.1 Å². The molecule has 0 fully saturated rings. The van der Waals surface area contributed by atoms with E-state index in [0.717, 1.165) is 5.56 Å². The molecule has 0 unspecified atom stereocenters. The highest BCUT2D eigenvalue weighted by atomic mass is 16.6. The maximum absolute atomic E-state index is 12.0. The van der Waals surface area contributed by atoms with E-state index < -0.39 is 4.92 Å². The Morgan fingerprint density at radius 1 is 1.21 bits per heavy atom. The molecule has 1 N–H and O–H groups in total. The van der Waals surface area contributed by atoms with Gasteiger partial charge in [-0.15, -0.1) is 0 Å². The first-order valence-electron chi connectivity index (χ1n) is 8.82. The third-order valence-electron chi connectivity index (χ3n) is 3.75. The van der Waals surface area contributed by atoms with E-state index in [9.17, 15) is 14.9 Å². The third-order valence-corrected chi connectivity index (χ3v) is 3.75. The Hall–Kier alpha value is -3.62. The van der Waals surface area contributed by atoms with E-state index in [1.54, 1.807) is 51.3 Å². The van der Waals surface area contributed by atoms with Gasteiger partial charge in [0.1, 0.15) is 5.75 Å². The van der Waals surface area contributed by atoms with Gasteiger partial charge in [0.2, 0.25) is 11.7 Å². The monoisotopic (exact) mass is 401 g/mol. The summed E-state index contributed by atoms with van der Waals surface area (Å²) in [4.78, 5) is 22.9. The quantitative estimate of drug-likeness (QED) is 0.392.